The van der Waals surface area contributed by atoms with Crippen molar-refractivity contribution in [2.24, 2.45) is 11.7 Å². The summed E-state index contributed by atoms with van der Waals surface area (Å²) in [6, 6.07) is -3.96. The van der Waals surface area contributed by atoms with Gasteiger partial charge in [-0.2, -0.15) is 0 Å². The maximum Gasteiger partial charge on any atom is 0.326 e. The standard InChI is InChI=1S/C15H26N4O8/c1-3-7(2)12(15(26)27)19-14(25)9(6-20)18-10(21)5-17-13(24)8(16)4-11(22)23/h7-9,12,20H,3-6,16H2,1-2H3,(H,17,24)(H,18,21)(H,19,25)(H,22,23)(H,26,27). The number of amides is 3. The number of aliphatic carboxylic acids is 2. The Morgan fingerprint density at radius 3 is 2.07 bits per heavy atom. The van der Waals surface area contributed by atoms with Crippen LogP contribution in [0.4, 0.5) is 0 Å². The molecule has 0 spiro atoms. The Bertz CT molecular complexity index is 568. The van der Waals surface area contributed by atoms with Gasteiger partial charge in [0, 0.05) is 0 Å². The Labute approximate surface area is 155 Å². The molecule has 12 nitrogen and oxygen atoms in total. The number of carboxylic acids is 2. The predicted molar refractivity (Wildman–Crippen MR) is 91.3 cm³/mol. The normalized spacial score (nSPS) is 15.0. The van der Waals surface area contributed by atoms with Crippen LogP contribution in [-0.2, 0) is 24.0 Å². The molecule has 0 bridgehead atoms. The second kappa shape index (κ2) is 11.8. The van der Waals surface area contributed by atoms with Gasteiger partial charge in [0.1, 0.15) is 12.1 Å². The zero-order valence-corrected chi connectivity index (χ0v) is 15.1. The van der Waals surface area contributed by atoms with Crippen molar-refractivity contribution >= 4 is 29.7 Å². The largest absolute Gasteiger partial charge is 0.481 e. The smallest absolute Gasteiger partial charge is 0.326 e. The highest BCUT2D eigenvalue weighted by atomic mass is 16.4. The lowest BCUT2D eigenvalue weighted by Crippen LogP contribution is -2.56. The average molecular weight is 390 g/mol. The van der Waals surface area contributed by atoms with Gasteiger partial charge >= 0.3 is 11.9 Å². The Morgan fingerprint density at radius 1 is 1.04 bits per heavy atom. The first-order valence-electron chi connectivity index (χ1n) is 8.21. The zero-order chi connectivity index (χ0) is 21.1. The van der Waals surface area contributed by atoms with Crippen LogP contribution in [0.3, 0.4) is 0 Å². The van der Waals surface area contributed by atoms with Gasteiger partial charge in [0.05, 0.1) is 25.6 Å². The minimum absolute atomic E-state index is 0.378. The van der Waals surface area contributed by atoms with Crippen LogP contribution in [0.5, 0.6) is 0 Å². The van der Waals surface area contributed by atoms with Crippen molar-refractivity contribution < 1.29 is 39.3 Å². The number of aliphatic hydroxyl groups is 1. The number of aliphatic hydroxyl groups excluding tert-OH is 1. The third-order valence-corrected chi connectivity index (χ3v) is 3.77. The van der Waals surface area contributed by atoms with Gasteiger partial charge in [-0.15, -0.1) is 0 Å². The van der Waals surface area contributed by atoms with Crippen LogP contribution in [-0.4, -0.2) is 76.3 Å². The summed E-state index contributed by atoms with van der Waals surface area (Å²) in [4.78, 5) is 57.1. The Kier molecular flexibility index (Phi) is 10.6. The zero-order valence-electron chi connectivity index (χ0n) is 15.1. The molecule has 0 radical (unpaired) electrons. The summed E-state index contributed by atoms with van der Waals surface area (Å²) in [5.41, 5.74) is 5.32. The number of carboxylic acid groups (broad SMARTS) is 2. The number of nitrogens with two attached hydrogens (primary N) is 1. The first-order valence-corrected chi connectivity index (χ1v) is 8.21. The highest BCUT2D eigenvalue weighted by Crippen LogP contribution is 2.08. The summed E-state index contributed by atoms with van der Waals surface area (Å²) in [7, 11) is 0. The van der Waals surface area contributed by atoms with Gasteiger partial charge < -0.3 is 37.0 Å². The molecular formula is C15H26N4O8. The van der Waals surface area contributed by atoms with Gasteiger partial charge in [-0.3, -0.25) is 19.2 Å². The van der Waals surface area contributed by atoms with Gasteiger partial charge in [0.15, 0.2) is 0 Å². The highest BCUT2D eigenvalue weighted by molar-refractivity contribution is 5.93. The minimum Gasteiger partial charge on any atom is -0.481 e. The molecular weight excluding hydrogens is 364 g/mol. The molecule has 4 atom stereocenters. The lowest BCUT2D eigenvalue weighted by molar-refractivity contribution is -0.144. The van der Waals surface area contributed by atoms with E-state index in [-0.39, 0.29) is 5.92 Å². The molecule has 0 aromatic heterocycles. The summed E-state index contributed by atoms with van der Waals surface area (Å²) >= 11 is 0. The molecule has 0 aromatic rings. The van der Waals surface area contributed by atoms with E-state index in [0.29, 0.717) is 6.42 Å². The predicted octanol–water partition coefficient (Wildman–Crippen LogP) is -3.00. The van der Waals surface area contributed by atoms with E-state index in [1.54, 1.807) is 13.8 Å². The Hall–Kier alpha value is -2.73. The molecule has 0 heterocycles. The Balaban J connectivity index is 4.66. The topological polar surface area (TPSA) is 208 Å². The van der Waals surface area contributed by atoms with Gasteiger partial charge in [-0.1, -0.05) is 20.3 Å². The molecule has 0 rings (SSSR count). The first kappa shape index (κ1) is 24.3. The van der Waals surface area contributed by atoms with E-state index in [9.17, 15) is 29.1 Å². The number of hydrogen-bond donors (Lipinski definition) is 7. The van der Waals surface area contributed by atoms with E-state index in [1.807, 2.05) is 0 Å². The molecule has 0 aliphatic rings. The van der Waals surface area contributed by atoms with E-state index in [0.717, 1.165) is 0 Å². The van der Waals surface area contributed by atoms with E-state index in [4.69, 9.17) is 15.9 Å². The number of hydrogen-bond acceptors (Lipinski definition) is 7. The van der Waals surface area contributed by atoms with Crippen LogP contribution < -0.4 is 21.7 Å². The molecule has 0 aliphatic carbocycles. The van der Waals surface area contributed by atoms with Crippen LogP contribution in [0.15, 0.2) is 0 Å². The second-order valence-corrected chi connectivity index (χ2v) is 5.93. The fourth-order valence-electron chi connectivity index (χ4n) is 1.96. The van der Waals surface area contributed by atoms with Gasteiger partial charge in [-0.25, -0.2) is 4.79 Å². The van der Waals surface area contributed by atoms with Crippen molar-refractivity contribution in [3.63, 3.8) is 0 Å². The molecule has 3 amide bonds. The SMILES string of the molecule is CCC(C)C(NC(=O)C(CO)NC(=O)CNC(=O)C(N)CC(=O)O)C(=O)O. The number of carbonyl (C=O) groups excluding carboxylic acids is 3. The molecule has 0 aromatic carbocycles. The van der Waals surface area contributed by atoms with Crippen molar-refractivity contribution in [1.82, 2.24) is 16.0 Å². The molecule has 0 aliphatic heterocycles. The lowest BCUT2D eigenvalue weighted by Gasteiger charge is -2.23. The highest BCUT2D eigenvalue weighted by Gasteiger charge is 2.29. The van der Waals surface area contributed by atoms with Crippen molar-refractivity contribution in [3.05, 3.63) is 0 Å². The molecule has 154 valence electrons. The summed E-state index contributed by atoms with van der Waals surface area (Å²) in [6.07, 6.45) is -0.142. The number of carbonyl (C=O) groups is 5. The van der Waals surface area contributed by atoms with Crippen LogP contribution >= 0.6 is 0 Å². The van der Waals surface area contributed by atoms with Gasteiger partial charge in [0.25, 0.3) is 0 Å². The molecule has 0 saturated carbocycles. The van der Waals surface area contributed by atoms with E-state index in [1.165, 1.54) is 0 Å². The fraction of sp³-hybridized carbons (Fsp3) is 0.667. The van der Waals surface area contributed by atoms with Crippen molar-refractivity contribution in [2.75, 3.05) is 13.2 Å². The summed E-state index contributed by atoms with van der Waals surface area (Å²) in [6.45, 7) is 1.97. The third kappa shape index (κ3) is 8.96. The maximum absolute atomic E-state index is 12.1. The van der Waals surface area contributed by atoms with Crippen molar-refractivity contribution in [2.45, 2.75) is 44.8 Å². The van der Waals surface area contributed by atoms with Crippen LogP contribution in [0.25, 0.3) is 0 Å². The van der Waals surface area contributed by atoms with E-state index in [2.05, 4.69) is 16.0 Å². The van der Waals surface area contributed by atoms with Crippen molar-refractivity contribution in [1.29, 1.82) is 0 Å². The monoisotopic (exact) mass is 390 g/mol. The van der Waals surface area contributed by atoms with Gasteiger partial charge in [0.2, 0.25) is 17.7 Å². The maximum atomic E-state index is 12.1. The van der Waals surface area contributed by atoms with Crippen LogP contribution in [0.2, 0.25) is 0 Å². The molecule has 0 saturated heterocycles. The molecule has 4 unspecified atom stereocenters. The van der Waals surface area contributed by atoms with E-state index >= 15 is 0 Å². The lowest BCUT2D eigenvalue weighted by atomic mass is 9.99. The average Bonchev–Trinajstić information content (AvgIpc) is 2.60. The quantitative estimate of drug-likeness (QED) is 0.181. The van der Waals surface area contributed by atoms with Gasteiger partial charge in [-0.05, 0) is 5.92 Å². The fourth-order valence-corrected chi connectivity index (χ4v) is 1.96. The Morgan fingerprint density at radius 2 is 1.63 bits per heavy atom. The molecule has 0 fully saturated rings. The van der Waals surface area contributed by atoms with Crippen molar-refractivity contribution in [3.8, 4) is 0 Å². The molecule has 12 heteroatoms. The first-order chi connectivity index (χ1) is 12.5. The summed E-state index contributed by atoms with van der Waals surface area (Å²) < 4.78 is 0. The molecule has 8 N–H and O–H groups in total. The van der Waals surface area contributed by atoms with Crippen LogP contribution in [0.1, 0.15) is 26.7 Å². The van der Waals surface area contributed by atoms with E-state index < -0.39 is 67.4 Å². The molecule has 27 heavy (non-hydrogen) atoms. The van der Waals surface area contributed by atoms with Crippen LogP contribution in [0, 0.1) is 5.92 Å². The minimum atomic E-state index is -1.42. The summed E-state index contributed by atoms with van der Waals surface area (Å²) in [5, 5.41) is 33.4. The summed E-state index contributed by atoms with van der Waals surface area (Å²) in [5.74, 6) is -5.53. The second-order valence-electron chi connectivity index (χ2n) is 5.93. The third-order valence-electron chi connectivity index (χ3n) is 3.77. The number of nitrogens with one attached hydrogen (secondary N) is 3. The number of rotatable bonds is 12.